The van der Waals surface area contributed by atoms with Crippen molar-refractivity contribution < 1.29 is 19.2 Å². The molecular formula is C16H16N2O5. The minimum absolute atomic E-state index is 0.0425. The molecular weight excluding hydrogens is 300 g/mol. The summed E-state index contributed by atoms with van der Waals surface area (Å²) in [7, 11) is 2.80. The van der Waals surface area contributed by atoms with Crippen molar-refractivity contribution in [1.82, 2.24) is 0 Å². The van der Waals surface area contributed by atoms with Crippen LogP contribution in [0.5, 0.6) is 11.5 Å². The van der Waals surface area contributed by atoms with Crippen LogP contribution in [-0.4, -0.2) is 25.1 Å². The van der Waals surface area contributed by atoms with Gasteiger partial charge in [-0.25, -0.2) is 0 Å². The monoisotopic (exact) mass is 316 g/mol. The van der Waals surface area contributed by atoms with Crippen molar-refractivity contribution in [2.75, 3.05) is 19.5 Å². The predicted octanol–water partition coefficient (Wildman–Crippen LogP) is 3.17. The van der Waals surface area contributed by atoms with E-state index in [0.717, 1.165) is 5.56 Å². The van der Waals surface area contributed by atoms with E-state index in [1.807, 2.05) is 6.07 Å². The fraction of sp³-hybridized carbons (Fsp3) is 0.188. The molecule has 0 spiro atoms. The Morgan fingerprint density at radius 2 is 1.74 bits per heavy atom. The molecule has 0 saturated carbocycles. The topological polar surface area (TPSA) is 90.7 Å². The fourth-order valence-electron chi connectivity index (χ4n) is 2.14. The van der Waals surface area contributed by atoms with Crippen molar-refractivity contribution >= 4 is 17.3 Å². The number of ether oxygens (including phenoxy) is 2. The van der Waals surface area contributed by atoms with Crippen LogP contribution in [-0.2, 0) is 0 Å². The summed E-state index contributed by atoms with van der Waals surface area (Å²) in [6, 6.07) is 9.56. The van der Waals surface area contributed by atoms with Crippen molar-refractivity contribution in [2.45, 2.75) is 6.92 Å². The van der Waals surface area contributed by atoms with Gasteiger partial charge >= 0.3 is 0 Å². The van der Waals surface area contributed by atoms with Gasteiger partial charge in [-0.05, 0) is 18.6 Å². The molecule has 2 rings (SSSR count). The van der Waals surface area contributed by atoms with Crippen LogP contribution in [0.1, 0.15) is 15.9 Å². The van der Waals surface area contributed by atoms with E-state index < -0.39 is 10.8 Å². The highest BCUT2D eigenvalue weighted by Crippen LogP contribution is 2.37. The van der Waals surface area contributed by atoms with Crippen LogP contribution in [0, 0.1) is 17.0 Å². The first kappa shape index (κ1) is 16.3. The van der Waals surface area contributed by atoms with Gasteiger partial charge < -0.3 is 14.8 Å². The second kappa shape index (κ2) is 6.78. The second-order valence-corrected chi connectivity index (χ2v) is 4.75. The molecule has 2 aromatic carbocycles. The van der Waals surface area contributed by atoms with Crippen LogP contribution in [0.25, 0.3) is 0 Å². The Hall–Kier alpha value is -3.09. The molecule has 0 aromatic heterocycles. The summed E-state index contributed by atoms with van der Waals surface area (Å²) in [6.07, 6.45) is 0. The molecule has 0 unspecified atom stereocenters. The Bertz CT molecular complexity index is 758. The molecule has 1 N–H and O–H groups in total. The summed E-state index contributed by atoms with van der Waals surface area (Å²) in [4.78, 5) is 23.0. The molecule has 0 saturated heterocycles. The number of amides is 1. The number of rotatable bonds is 5. The van der Waals surface area contributed by atoms with Gasteiger partial charge in [0.25, 0.3) is 11.6 Å². The Morgan fingerprint density at radius 3 is 2.30 bits per heavy atom. The summed E-state index contributed by atoms with van der Waals surface area (Å²) in [6.45, 7) is 1.79. The molecule has 7 nitrogen and oxygen atoms in total. The summed E-state index contributed by atoms with van der Waals surface area (Å²) in [5, 5.41) is 13.8. The molecule has 23 heavy (non-hydrogen) atoms. The number of nitro groups is 1. The van der Waals surface area contributed by atoms with Gasteiger partial charge in [-0.3, -0.25) is 14.9 Å². The molecule has 0 radical (unpaired) electrons. The molecule has 120 valence electrons. The normalized spacial score (nSPS) is 10.0. The summed E-state index contributed by atoms with van der Waals surface area (Å²) in [5.41, 5.74) is 0.982. The molecule has 1 amide bonds. The third kappa shape index (κ3) is 3.39. The average molecular weight is 316 g/mol. The van der Waals surface area contributed by atoms with Gasteiger partial charge in [0.15, 0.2) is 11.5 Å². The number of carbonyl (C=O) groups excluding carboxylic acids is 1. The second-order valence-electron chi connectivity index (χ2n) is 4.75. The van der Waals surface area contributed by atoms with Crippen molar-refractivity contribution in [3.8, 4) is 11.5 Å². The van der Waals surface area contributed by atoms with Gasteiger partial charge in [0.2, 0.25) is 0 Å². The molecule has 0 atom stereocenters. The Labute approximate surface area is 133 Å². The van der Waals surface area contributed by atoms with Crippen molar-refractivity contribution in [3.63, 3.8) is 0 Å². The van der Waals surface area contributed by atoms with E-state index in [1.165, 1.54) is 26.4 Å². The van der Waals surface area contributed by atoms with E-state index in [2.05, 4.69) is 5.32 Å². The molecule has 0 fully saturated rings. The maximum absolute atomic E-state index is 12.4. The number of nitro benzene ring substituents is 1. The maximum atomic E-state index is 12.4. The summed E-state index contributed by atoms with van der Waals surface area (Å²) < 4.78 is 10.2. The highest BCUT2D eigenvalue weighted by Gasteiger charge is 2.22. The Balaban J connectivity index is 2.44. The van der Waals surface area contributed by atoms with E-state index in [9.17, 15) is 14.9 Å². The van der Waals surface area contributed by atoms with Crippen molar-refractivity contribution in [3.05, 3.63) is 57.6 Å². The number of hydrogen-bond donors (Lipinski definition) is 1. The van der Waals surface area contributed by atoms with Crippen molar-refractivity contribution in [2.24, 2.45) is 0 Å². The lowest BCUT2D eigenvalue weighted by atomic mass is 10.1. The molecule has 0 aliphatic heterocycles. The van der Waals surface area contributed by atoms with Crippen LogP contribution < -0.4 is 14.8 Å². The first-order valence-corrected chi connectivity index (χ1v) is 6.75. The zero-order valence-electron chi connectivity index (χ0n) is 13.0. The number of carbonyl (C=O) groups is 1. The largest absolute Gasteiger partial charge is 0.493 e. The van der Waals surface area contributed by atoms with Gasteiger partial charge in [0.1, 0.15) is 5.69 Å². The predicted molar refractivity (Wildman–Crippen MR) is 85.3 cm³/mol. The number of benzene rings is 2. The highest BCUT2D eigenvalue weighted by atomic mass is 16.6. The van der Waals surface area contributed by atoms with Crippen LogP contribution in [0.15, 0.2) is 36.4 Å². The zero-order chi connectivity index (χ0) is 17.0. The fourth-order valence-corrected chi connectivity index (χ4v) is 2.14. The van der Waals surface area contributed by atoms with Crippen molar-refractivity contribution in [1.29, 1.82) is 0 Å². The highest BCUT2D eigenvalue weighted by molar-refractivity contribution is 6.06. The SMILES string of the molecule is COc1cc(NC(=O)c2ccccc2C)c([N+](=O)[O-])cc1OC. The quantitative estimate of drug-likeness (QED) is 0.676. The number of hydrogen-bond acceptors (Lipinski definition) is 5. The van der Waals surface area contributed by atoms with E-state index in [1.54, 1.807) is 25.1 Å². The molecule has 0 heterocycles. The van der Waals surface area contributed by atoms with Crippen LogP contribution >= 0.6 is 0 Å². The standard InChI is InChI=1S/C16H16N2O5/c1-10-6-4-5-7-11(10)16(19)17-12-8-14(22-2)15(23-3)9-13(12)18(20)21/h4-9H,1-3H3,(H,17,19). The first-order valence-electron chi connectivity index (χ1n) is 6.75. The Kier molecular flexibility index (Phi) is 4.80. The van der Waals surface area contributed by atoms with Crippen LogP contribution in [0.3, 0.4) is 0 Å². The van der Waals surface area contributed by atoms with Crippen LogP contribution in [0.4, 0.5) is 11.4 Å². The van der Waals surface area contributed by atoms with E-state index in [4.69, 9.17) is 9.47 Å². The van der Waals surface area contributed by atoms with Crippen LogP contribution in [0.2, 0.25) is 0 Å². The lowest BCUT2D eigenvalue weighted by molar-refractivity contribution is -0.384. The number of aryl methyl sites for hydroxylation is 1. The number of methoxy groups -OCH3 is 2. The summed E-state index contributed by atoms with van der Waals surface area (Å²) >= 11 is 0. The lowest BCUT2D eigenvalue weighted by Crippen LogP contribution is -2.14. The smallest absolute Gasteiger partial charge is 0.296 e. The first-order chi connectivity index (χ1) is 11.0. The van der Waals surface area contributed by atoms with Gasteiger partial charge in [-0.2, -0.15) is 0 Å². The molecule has 0 bridgehead atoms. The maximum Gasteiger partial charge on any atom is 0.296 e. The van der Waals surface area contributed by atoms with E-state index >= 15 is 0 Å². The minimum Gasteiger partial charge on any atom is -0.493 e. The minimum atomic E-state index is -0.588. The van der Waals surface area contributed by atoms with Gasteiger partial charge in [0.05, 0.1) is 25.2 Å². The Morgan fingerprint density at radius 1 is 1.13 bits per heavy atom. The number of nitrogens with one attached hydrogen (secondary N) is 1. The van der Waals surface area contributed by atoms with Gasteiger partial charge in [-0.15, -0.1) is 0 Å². The van der Waals surface area contributed by atoms with Gasteiger partial charge in [0, 0.05) is 11.6 Å². The molecule has 0 aliphatic carbocycles. The lowest BCUT2D eigenvalue weighted by Gasteiger charge is -2.12. The molecule has 0 aliphatic rings. The number of anilines is 1. The third-order valence-corrected chi connectivity index (χ3v) is 3.34. The molecule has 7 heteroatoms. The molecule has 2 aromatic rings. The number of nitrogens with zero attached hydrogens (tertiary/aromatic N) is 1. The van der Waals surface area contributed by atoms with E-state index in [-0.39, 0.29) is 22.9 Å². The third-order valence-electron chi connectivity index (χ3n) is 3.34. The summed E-state index contributed by atoms with van der Waals surface area (Å²) in [5.74, 6) is 0.0738. The van der Waals surface area contributed by atoms with E-state index in [0.29, 0.717) is 5.56 Å². The zero-order valence-corrected chi connectivity index (χ0v) is 13.0. The average Bonchev–Trinajstić information content (AvgIpc) is 2.54. The van der Waals surface area contributed by atoms with Gasteiger partial charge in [-0.1, -0.05) is 18.2 Å².